The molecule has 0 unspecified atom stereocenters. The lowest BCUT2D eigenvalue weighted by Gasteiger charge is -2.23. The number of benzene rings is 11. The Labute approximate surface area is 507 Å². The molecule has 5 heterocycles. The molecule has 0 N–H and O–H groups in total. The summed E-state index contributed by atoms with van der Waals surface area (Å²) in [5.41, 5.74) is 13.6. The van der Waals surface area contributed by atoms with Crippen molar-refractivity contribution in [2.75, 3.05) is 4.90 Å². The molecule has 0 bridgehead atoms. The lowest BCUT2D eigenvalue weighted by Crippen LogP contribution is -2.15. The summed E-state index contributed by atoms with van der Waals surface area (Å²) in [5, 5.41) is 11.1. The molecule has 6 nitrogen and oxygen atoms in total. The molecule has 0 atom stereocenters. The van der Waals surface area contributed by atoms with Crippen LogP contribution >= 0.6 is 0 Å². The molecule has 6 heteroatoms. The number of rotatable bonds is 7. The summed E-state index contributed by atoms with van der Waals surface area (Å²) in [6.45, 7) is 13.6. The van der Waals surface area contributed by atoms with Crippen molar-refractivity contribution in [1.82, 2.24) is 18.7 Å². The molecule has 1 aliphatic rings. The van der Waals surface area contributed by atoms with Crippen LogP contribution < -0.4 is 9.64 Å². The summed E-state index contributed by atoms with van der Waals surface area (Å²) in [6, 6.07) is 78.2. The van der Waals surface area contributed by atoms with Gasteiger partial charge in [-0.05, 0) is 139 Å². The van der Waals surface area contributed by atoms with Crippen molar-refractivity contribution in [2.24, 2.45) is 0 Å². The van der Waals surface area contributed by atoms with Crippen molar-refractivity contribution in [3.8, 4) is 45.3 Å². The van der Waals surface area contributed by atoms with Gasteiger partial charge in [-0.2, -0.15) is 0 Å². The summed E-state index contributed by atoms with van der Waals surface area (Å²) < 4.78 is 58.4. The molecular weight excluding hydrogens is 1050 g/mol. The standard InChI is InChI=1S/C80H63N5O/c1-79(2,3)54-41-42-81-76(46-54)85-73-40-37-57(84-71-34-16-14-29-65(71)66-30-15-17-35-72(66)84)48-70(73)67-39-38-59(49-75(67)85)86-58-24-18-23-56(47-58)82-50-83-77-60(53-43-52(51-21-8-7-9-22-51)44-55(45-53)80(4,5)6)31-19-32-68(77)63-27-12-10-25-61(63)62-26-11-13-28-64(62)69-33-20-36-74(82)78(69)83/h7-49H,50H2,1-6H3/i7D,8D,9D,21D,22D. The molecule has 0 saturated carbocycles. The zero-order valence-electron chi connectivity index (χ0n) is 53.8. The Balaban J connectivity index is 0.872. The van der Waals surface area contributed by atoms with Crippen molar-refractivity contribution < 1.29 is 11.6 Å². The Morgan fingerprint density at radius 1 is 0.395 bits per heavy atom. The zero-order chi connectivity index (χ0) is 62.4. The maximum absolute atomic E-state index is 9.16. The van der Waals surface area contributed by atoms with Gasteiger partial charge in [-0.25, -0.2) is 4.98 Å². The van der Waals surface area contributed by atoms with Gasteiger partial charge in [0.05, 0.1) is 45.6 Å². The van der Waals surface area contributed by atoms with E-state index in [-0.39, 0.29) is 40.6 Å². The fourth-order valence-electron chi connectivity index (χ4n) is 13.4. The van der Waals surface area contributed by atoms with Crippen LogP contribution in [0.5, 0.6) is 11.5 Å². The molecule has 0 radical (unpaired) electrons. The van der Waals surface area contributed by atoms with Gasteiger partial charge in [0.1, 0.15) is 24.0 Å². The monoisotopic (exact) mass is 1110 g/mol. The van der Waals surface area contributed by atoms with Gasteiger partial charge in [0.15, 0.2) is 0 Å². The fourth-order valence-corrected chi connectivity index (χ4v) is 13.4. The van der Waals surface area contributed by atoms with E-state index in [0.29, 0.717) is 23.7 Å². The molecule has 11 aromatic carbocycles. The predicted octanol–water partition coefficient (Wildman–Crippen LogP) is 21.6. The predicted molar refractivity (Wildman–Crippen MR) is 362 cm³/mol. The number of fused-ring (bicyclic) bond motifs is 13. The Kier molecular flexibility index (Phi) is 10.5. The molecule has 0 aliphatic carbocycles. The van der Waals surface area contributed by atoms with Crippen LogP contribution in [0.25, 0.3) is 121 Å². The summed E-state index contributed by atoms with van der Waals surface area (Å²) >= 11 is 0. The molecule has 86 heavy (non-hydrogen) atoms. The van der Waals surface area contributed by atoms with Crippen LogP contribution in [-0.2, 0) is 17.5 Å². The smallest absolute Gasteiger partial charge is 0.137 e. The van der Waals surface area contributed by atoms with Gasteiger partial charge in [-0.1, -0.05) is 205 Å². The molecule has 16 rings (SSSR count). The van der Waals surface area contributed by atoms with Gasteiger partial charge in [-0.15, -0.1) is 0 Å². The minimum absolute atomic E-state index is 0.104. The molecule has 15 aromatic rings. The Morgan fingerprint density at radius 3 is 1.67 bits per heavy atom. The van der Waals surface area contributed by atoms with Crippen LogP contribution in [0.15, 0.2) is 261 Å². The van der Waals surface area contributed by atoms with E-state index < -0.39 is 6.04 Å². The average molecular weight is 1120 g/mol. The first-order chi connectivity index (χ1) is 44.0. The van der Waals surface area contributed by atoms with Crippen molar-refractivity contribution in [3.05, 3.63) is 272 Å². The second-order valence-corrected chi connectivity index (χ2v) is 24.9. The van der Waals surface area contributed by atoms with Crippen molar-refractivity contribution in [3.63, 3.8) is 0 Å². The van der Waals surface area contributed by atoms with E-state index in [4.69, 9.17) is 16.6 Å². The van der Waals surface area contributed by atoms with Gasteiger partial charge in [0.2, 0.25) is 0 Å². The first-order valence-electron chi connectivity index (χ1n) is 32.0. The maximum atomic E-state index is 9.16. The molecule has 0 spiro atoms. The SMILES string of the molecule is [2H]c1c([2H])c([2H])c(-c2cc(-c3cccc4c5ccccc5c5ccccc5c5cccc6c5n(c34)CN6c3cccc(Oc4ccc5c6cc(-n7c8ccccc8c8ccccc87)ccc6n(-c6cc(C(C)(C)C)ccn6)c5c4)c3)cc(C(C)(C)C)c2)c([2H])c1[2H]. The largest absolute Gasteiger partial charge is 0.457 e. The highest BCUT2D eigenvalue weighted by molar-refractivity contribution is 6.22. The van der Waals surface area contributed by atoms with Crippen molar-refractivity contribution in [1.29, 1.82) is 0 Å². The van der Waals surface area contributed by atoms with Gasteiger partial charge < -0.3 is 18.8 Å². The van der Waals surface area contributed by atoms with E-state index in [0.717, 1.165) is 116 Å². The van der Waals surface area contributed by atoms with E-state index >= 15 is 0 Å². The number of nitrogens with zero attached hydrogens (tertiary/aromatic N) is 5. The van der Waals surface area contributed by atoms with Crippen molar-refractivity contribution >= 4 is 98.3 Å². The highest BCUT2D eigenvalue weighted by Gasteiger charge is 2.27. The molecule has 0 saturated heterocycles. The van der Waals surface area contributed by atoms with E-state index in [9.17, 15) is 0 Å². The zero-order valence-corrected chi connectivity index (χ0v) is 48.8. The average Bonchev–Trinajstić information content (AvgIpc) is 1.59. The Morgan fingerprint density at radius 2 is 0.977 bits per heavy atom. The lowest BCUT2D eigenvalue weighted by atomic mass is 9.83. The van der Waals surface area contributed by atoms with E-state index in [1.54, 1.807) is 0 Å². The quantitative estimate of drug-likeness (QED) is 0.160. The van der Waals surface area contributed by atoms with Crippen molar-refractivity contribution in [2.45, 2.75) is 59.0 Å². The van der Waals surface area contributed by atoms with Gasteiger partial charge in [0.25, 0.3) is 0 Å². The van der Waals surface area contributed by atoms with Crippen LogP contribution in [0, 0.1) is 0 Å². The highest BCUT2D eigenvalue weighted by atomic mass is 16.5. The molecular formula is C80H63N5O. The molecule has 0 amide bonds. The third-order valence-electron chi connectivity index (χ3n) is 17.6. The number of para-hydroxylation sites is 4. The normalized spacial score (nSPS) is 13.5. The minimum atomic E-state index is -0.417. The van der Waals surface area contributed by atoms with Gasteiger partial charge in [0, 0.05) is 67.6 Å². The Hall–Kier alpha value is -10.4. The molecule has 0 fully saturated rings. The summed E-state index contributed by atoms with van der Waals surface area (Å²) in [7, 11) is 0. The highest BCUT2D eigenvalue weighted by Crippen LogP contribution is 2.47. The molecule has 4 aromatic heterocycles. The van der Waals surface area contributed by atoms with Crippen LogP contribution in [0.4, 0.5) is 11.4 Å². The van der Waals surface area contributed by atoms with Crippen LogP contribution in [0.3, 0.4) is 0 Å². The number of ether oxygens (including phenoxy) is 1. The molecule has 1 aliphatic heterocycles. The maximum Gasteiger partial charge on any atom is 0.137 e. The van der Waals surface area contributed by atoms with E-state index in [1.165, 1.54) is 16.3 Å². The van der Waals surface area contributed by atoms with Gasteiger partial charge in [-0.3, -0.25) is 4.57 Å². The number of aromatic nitrogens is 4. The van der Waals surface area contributed by atoms with Crippen LogP contribution in [0.1, 0.15) is 59.5 Å². The number of hydrogen-bond donors (Lipinski definition) is 0. The first-order valence-corrected chi connectivity index (χ1v) is 29.5. The number of anilines is 2. The second kappa shape index (κ2) is 19.6. The van der Waals surface area contributed by atoms with E-state index in [2.05, 4.69) is 266 Å². The molecule has 414 valence electrons. The van der Waals surface area contributed by atoms with Crippen LogP contribution in [0.2, 0.25) is 0 Å². The topological polar surface area (TPSA) is 40.1 Å². The Bertz CT molecular complexity index is 5580. The summed E-state index contributed by atoms with van der Waals surface area (Å²) in [4.78, 5) is 7.43. The first kappa shape index (κ1) is 46.0. The summed E-state index contributed by atoms with van der Waals surface area (Å²) in [6.07, 6.45) is 1.92. The second-order valence-electron chi connectivity index (χ2n) is 24.9. The fraction of sp³-hybridized carbons (Fsp3) is 0.113. The number of hydrogen-bond acceptors (Lipinski definition) is 3. The van der Waals surface area contributed by atoms with Crippen LogP contribution in [-0.4, -0.2) is 18.7 Å². The third-order valence-corrected chi connectivity index (χ3v) is 17.6. The summed E-state index contributed by atoms with van der Waals surface area (Å²) in [5.74, 6) is 2.20. The lowest BCUT2D eigenvalue weighted by molar-refractivity contribution is 0.483. The minimum Gasteiger partial charge on any atom is -0.457 e. The third kappa shape index (κ3) is 8.34. The van der Waals surface area contributed by atoms with E-state index in [1.807, 2.05) is 24.4 Å². The van der Waals surface area contributed by atoms with Gasteiger partial charge >= 0.3 is 0 Å². The number of pyridine rings is 1.